The van der Waals surface area contributed by atoms with E-state index in [1.807, 2.05) is 6.20 Å². The molecule has 1 saturated heterocycles. The van der Waals surface area contributed by atoms with E-state index >= 15 is 0 Å². The highest BCUT2D eigenvalue weighted by Crippen LogP contribution is 2.30. The van der Waals surface area contributed by atoms with E-state index < -0.39 is 0 Å². The van der Waals surface area contributed by atoms with Crippen molar-refractivity contribution in [3.63, 3.8) is 0 Å². The average Bonchev–Trinajstić information content (AvgIpc) is 2.48. The number of hydrogen-bond acceptors (Lipinski definition) is 4. The Morgan fingerprint density at radius 1 is 1.10 bits per heavy atom. The number of benzene rings is 1. The number of pyridine rings is 1. The van der Waals surface area contributed by atoms with Crippen LogP contribution in [0, 0.1) is 0 Å². The number of nitrogens with two attached hydrogens (primary N) is 1. The molecular weight excluding hydrogens is 316 g/mol. The fourth-order valence-electron chi connectivity index (χ4n) is 2.77. The number of fused-ring (bicyclic) bond motifs is 1. The van der Waals surface area contributed by atoms with Crippen molar-refractivity contribution in [2.45, 2.75) is 0 Å². The molecule has 20 heavy (non-hydrogen) atoms. The van der Waals surface area contributed by atoms with Crippen LogP contribution in [0.1, 0.15) is 0 Å². The Hall–Kier alpha value is -1.17. The summed E-state index contributed by atoms with van der Waals surface area (Å²) in [6.45, 7) is 5.87. The van der Waals surface area contributed by atoms with Crippen molar-refractivity contribution in [1.82, 2.24) is 9.88 Å². The molecule has 3 rings (SSSR count). The molecule has 1 aromatic heterocycles. The highest BCUT2D eigenvalue weighted by atomic mass is 79.9. The van der Waals surface area contributed by atoms with Crippen LogP contribution in [-0.4, -0.2) is 49.2 Å². The molecule has 0 unspecified atom stereocenters. The zero-order chi connectivity index (χ0) is 13.9. The quantitative estimate of drug-likeness (QED) is 0.933. The van der Waals surface area contributed by atoms with Gasteiger partial charge in [-0.25, -0.2) is 4.98 Å². The summed E-state index contributed by atoms with van der Waals surface area (Å²) < 4.78 is 1.13. The van der Waals surface area contributed by atoms with Gasteiger partial charge in [-0.05, 0) is 12.1 Å². The van der Waals surface area contributed by atoms with Gasteiger partial charge in [0.05, 0.1) is 0 Å². The summed E-state index contributed by atoms with van der Waals surface area (Å²) in [5, 5.41) is 2.44. The van der Waals surface area contributed by atoms with E-state index in [0.29, 0.717) is 0 Å². The van der Waals surface area contributed by atoms with Crippen molar-refractivity contribution in [2.75, 3.05) is 44.2 Å². The van der Waals surface area contributed by atoms with Gasteiger partial charge in [-0.15, -0.1) is 0 Å². The lowest BCUT2D eigenvalue weighted by Gasteiger charge is -2.35. The molecule has 106 valence electrons. The average molecular weight is 335 g/mol. The SMILES string of the molecule is NCCN1CCN(c2nccc3c(Br)cccc23)CC1. The van der Waals surface area contributed by atoms with Crippen LogP contribution in [0.25, 0.3) is 10.8 Å². The van der Waals surface area contributed by atoms with Crippen LogP contribution >= 0.6 is 15.9 Å². The van der Waals surface area contributed by atoms with Crippen molar-refractivity contribution >= 4 is 32.5 Å². The second kappa shape index (κ2) is 6.08. The number of halogens is 1. The minimum atomic E-state index is 0.736. The van der Waals surface area contributed by atoms with Gasteiger partial charge in [0.15, 0.2) is 0 Å². The van der Waals surface area contributed by atoms with Crippen molar-refractivity contribution < 1.29 is 0 Å². The highest BCUT2D eigenvalue weighted by molar-refractivity contribution is 9.10. The first-order chi connectivity index (χ1) is 9.79. The Balaban J connectivity index is 1.86. The molecule has 0 atom stereocenters. The molecule has 0 aliphatic carbocycles. The van der Waals surface area contributed by atoms with Gasteiger partial charge < -0.3 is 10.6 Å². The lowest BCUT2D eigenvalue weighted by molar-refractivity contribution is 0.264. The third-order valence-corrected chi connectivity index (χ3v) is 4.54. The van der Waals surface area contributed by atoms with Crippen LogP contribution in [0.15, 0.2) is 34.9 Å². The third-order valence-electron chi connectivity index (χ3n) is 3.85. The van der Waals surface area contributed by atoms with Gasteiger partial charge in [0.25, 0.3) is 0 Å². The van der Waals surface area contributed by atoms with Crippen LogP contribution in [0.4, 0.5) is 5.82 Å². The van der Waals surface area contributed by atoms with E-state index in [4.69, 9.17) is 5.73 Å². The molecular formula is C15H19BrN4. The first-order valence-corrected chi connectivity index (χ1v) is 7.79. The minimum absolute atomic E-state index is 0.736. The molecule has 0 spiro atoms. The fraction of sp³-hybridized carbons (Fsp3) is 0.400. The number of hydrogen-bond donors (Lipinski definition) is 1. The number of rotatable bonds is 3. The van der Waals surface area contributed by atoms with Crippen LogP contribution in [-0.2, 0) is 0 Å². The topological polar surface area (TPSA) is 45.4 Å². The van der Waals surface area contributed by atoms with E-state index in [-0.39, 0.29) is 0 Å². The maximum Gasteiger partial charge on any atom is 0.136 e. The molecule has 0 saturated carbocycles. The summed E-state index contributed by atoms with van der Waals surface area (Å²) in [6, 6.07) is 8.36. The summed E-state index contributed by atoms with van der Waals surface area (Å²) in [7, 11) is 0. The Kier molecular flexibility index (Phi) is 4.19. The standard InChI is InChI=1S/C15H19BrN4/c16-14-3-1-2-13-12(14)4-6-18-15(13)20-10-8-19(7-5-17)9-11-20/h1-4,6H,5,7-11,17H2. The molecule has 1 aromatic carbocycles. The van der Waals surface area contributed by atoms with Gasteiger partial charge in [-0.2, -0.15) is 0 Å². The number of piperazine rings is 1. The van der Waals surface area contributed by atoms with Crippen LogP contribution in [0.2, 0.25) is 0 Å². The summed E-state index contributed by atoms with van der Waals surface area (Å²) in [5.74, 6) is 1.09. The zero-order valence-corrected chi connectivity index (χ0v) is 13.0. The minimum Gasteiger partial charge on any atom is -0.354 e. The molecule has 1 fully saturated rings. The predicted molar refractivity (Wildman–Crippen MR) is 87.2 cm³/mol. The van der Waals surface area contributed by atoms with Crippen LogP contribution in [0.3, 0.4) is 0 Å². The maximum absolute atomic E-state index is 5.62. The molecule has 4 nitrogen and oxygen atoms in total. The molecule has 1 aliphatic rings. The lowest BCUT2D eigenvalue weighted by atomic mass is 10.1. The van der Waals surface area contributed by atoms with Gasteiger partial charge in [0.2, 0.25) is 0 Å². The van der Waals surface area contributed by atoms with E-state index in [9.17, 15) is 0 Å². The number of nitrogens with zero attached hydrogens (tertiary/aromatic N) is 3. The normalized spacial score (nSPS) is 16.8. The largest absolute Gasteiger partial charge is 0.354 e. The maximum atomic E-state index is 5.62. The van der Waals surface area contributed by atoms with Gasteiger partial charge >= 0.3 is 0 Å². The first kappa shape index (κ1) is 13.8. The molecule has 2 N–H and O–H groups in total. The molecule has 0 bridgehead atoms. The van der Waals surface area contributed by atoms with E-state index in [1.165, 1.54) is 10.8 Å². The number of anilines is 1. The van der Waals surface area contributed by atoms with E-state index in [0.717, 1.165) is 49.6 Å². The van der Waals surface area contributed by atoms with Crippen LogP contribution in [0.5, 0.6) is 0 Å². The Labute approximate surface area is 127 Å². The third kappa shape index (κ3) is 2.66. The summed E-state index contributed by atoms with van der Waals surface area (Å²) in [4.78, 5) is 9.40. The van der Waals surface area contributed by atoms with Gasteiger partial charge in [0.1, 0.15) is 5.82 Å². The molecule has 0 amide bonds. The fourth-order valence-corrected chi connectivity index (χ4v) is 3.27. The second-order valence-corrected chi connectivity index (χ2v) is 5.94. The van der Waals surface area contributed by atoms with Gasteiger partial charge in [-0.3, -0.25) is 4.90 Å². The highest BCUT2D eigenvalue weighted by Gasteiger charge is 2.19. The second-order valence-electron chi connectivity index (χ2n) is 5.09. The summed E-state index contributed by atoms with van der Waals surface area (Å²) >= 11 is 3.62. The van der Waals surface area contributed by atoms with Gasteiger partial charge in [-0.1, -0.05) is 28.1 Å². The first-order valence-electron chi connectivity index (χ1n) is 7.00. The van der Waals surface area contributed by atoms with Crippen molar-refractivity contribution in [3.05, 3.63) is 34.9 Å². The smallest absolute Gasteiger partial charge is 0.136 e. The predicted octanol–water partition coefficient (Wildman–Crippen LogP) is 2.08. The Morgan fingerprint density at radius 2 is 1.90 bits per heavy atom. The van der Waals surface area contributed by atoms with Gasteiger partial charge in [0, 0.05) is 60.7 Å². The van der Waals surface area contributed by atoms with E-state index in [1.54, 1.807) is 0 Å². The van der Waals surface area contributed by atoms with Crippen molar-refractivity contribution in [3.8, 4) is 0 Å². The molecule has 1 aliphatic heterocycles. The molecule has 2 heterocycles. The number of aromatic nitrogens is 1. The molecule has 2 aromatic rings. The monoisotopic (exact) mass is 334 g/mol. The van der Waals surface area contributed by atoms with E-state index in [2.05, 4.69) is 55.0 Å². The molecule has 5 heteroatoms. The lowest BCUT2D eigenvalue weighted by Crippen LogP contribution is -2.48. The van der Waals surface area contributed by atoms with Crippen LogP contribution < -0.4 is 10.6 Å². The molecule has 0 radical (unpaired) electrons. The van der Waals surface area contributed by atoms with Crippen molar-refractivity contribution in [2.24, 2.45) is 5.73 Å². The zero-order valence-electron chi connectivity index (χ0n) is 11.4. The Bertz CT molecular complexity index is 593. The Morgan fingerprint density at radius 3 is 2.65 bits per heavy atom. The summed E-state index contributed by atoms with van der Waals surface area (Å²) in [5.41, 5.74) is 5.62. The van der Waals surface area contributed by atoms with Crippen molar-refractivity contribution in [1.29, 1.82) is 0 Å². The summed E-state index contributed by atoms with van der Waals surface area (Å²) in [6.07, 6.45) is 1.90.